The van der Waals surface area contributed by atoms with Gasteiger partial charge in [0.1, 0.15) is 11.9 Å². The van der Waals surface area contributed by atoms with Crippen LogP contribution < -0.4 is 11.2 Å². The van der Waals surface area contributed by atoms with Gasteiger partial charge in [0.2, 0.25) is 0 Å². The van der Waals surface area contributed by atoms with Gasteiger partial charge >= 0.3 is 13.1 Å². The number of nitrogen functional groups attached to an aromatic ring is 1. The Labute approximate surface area is 125 Å². The molecule has 0 saturated heterocycles. The second-order valence-electron chi connectivity index (χ2n) is 4.36. The largest absolute Gasteiger partial charge is 0.491 e. The van der Waals surface area contributed by atoms with Crippen LogP contribution in [0.1, 0.15) is 16.1 Å². The number of rotatable bonds is 3. The second-order valence-corrected chi connectivity index (χ2v) is 4.36. The first-order valence-electron chi connectivity index (χ1n) is 6.05. The zero-order valence-electron chi connectivity index (χ0n) is 11.4. The highest BCUT2D eigenvalue weighted by Crippen LogP contribution is 2.24. The number of nitriles is 1. The molecule has 0 bridgehead atoms. The van der Waals surface area contributed by atoms with Crippen molar-refractivity contribution >= 4 is 24.2 Å². The van der Waals surface area contributed by atoms with Crippen LogP contribution in [-0.2, 0) is 4.74 Å². The van der Waals surface area contributed by atoms with Crippen LogP contribution in [0.2, 0.25) is 0 Å². The second kappa shape index (κ2) is 5.89. The zero-order valence-corrected chi connectivity index (χ0v) is 11.4. The van der Waals surface area contributed by atoms with Crippen molar-refractivity contribution in [1.29, 1.82) is 5.26 Å². The summed E-state index contributed by atoms with van der Waals surface area (Å²) in [6.07, 6.45) is 1.28. The number of aromatic nitrogens is 1. The van der Waals surface area contributed by atoms with Crippen molar-refractivity contribution in [3.63, 3.8) is 0 Å². The number of carbonyl (C=O) groups is 1. The smallest absolute Gasteiger partial charge is 0.464 e. The quantitative estimate of drug-likeness (QED) is 0.521. The fourth-order valence-corrected chi connectivity index (χ4v) is 2.00. The predicted octanol–water partition coefficient (Wildman–Crippen LogP) is -0.463. The van der Waals surface area contributed by atoms with Gasteiger partial charge in [-0.15, -0.1) is 0 Å². The Morgan fingerprint density at radius 1 is 1.50 bits per heavy atom. The number of halogens is 1. The Bertz CT molecular complexity index is 782. The number of nitrogens with zero attached hydrogens (tertiary/aromatic N) is 2. The highest BCUT2D eigenvalue weighted by molar-refractivity contribution is 6.58. The van der Waals surface area contributed by atoms with Crippen molar-refractivity contribution in [1.82, 2.24) is 4.57 Å². The van der Waals surface area contributed by atoms with Crippen LogP contribution in [-0.4, -0.2) is 34.8 Å². The van der Waals surface area contributed by atoms with Crippen LogP contribution in [0.25, 0.3) is 5.69 Å². The van der Waals surface area contributed by atoms with Gasteiger partial charge in [-0.3, -0.25) is 0 Å². The van der Waals surface area contributed by atoms with Gasteiger partial charge in [-0.25, -0.2) is 9.18 Å². The van der Waals surface area contributed by atoms with E-state index in [-0.39, 0.29) is 28.1 Å². The fraction of sp³-hybridized carbons (Fsp3) is 0.0769. The number of carbonyl (C=O) groups excluding carboxylic acids is 1. The van der Waals surface area contributed by atoms with Crippen LogP contribution in [0.3, 0.4) is 0 Å². The van der Waals surface area contributed by atoms with Gasteiger partial charge in [0.15, 0.2) is 5.69 Å². The summed E-state index contributed by atoms with van der Waals surface area (Å²) in [4.78, 5) is 11.8. The normalized spacial score (nSPS) is 10.1. The van der Waals surface area contributed by atoms with Gasteiger partial charge in [-0.2, -0.15) is 5.26 Å². The van der Waals surface area contributed by atoms with Gasteiger partial charge in [-0.05, 0) is 18.2 Å². The molecule has 4 N–H and O–H groups in total. The van der Waals surface area contributed by atoms with Gasteiger partial charge in [0.25, 0.3) is 0 Å². The lowest BCUT2D eigenvalue weighted by atomic mass is 9.79. The highest BCUT2D eigenvalue weighted by atomic mass is 19.1. The molecular weight excluding hydrogens is 292 g/mol. The number of ether oxygens (including phenoxy) is 1. The van der Waals surface area contributed by atoms with E-state index in [1.807, 2.05) is 6.07 Å². The van der Waals surface area contributed by atoms with Crippen LogP contribution in [0.15, 0.2) is 24.4 Å². The maximum Gasteiger partial charge on any atom is 0.491 e. The van der Waals surface area contributed by atoms with E-state index in [0.717, 1.165) is 19.2 Å². The first kappa shape index (κ1) is 15.6. The maximum absolute atomic E-state index is 13.5. The Morgan fingerprint density at radius 2 is 2.18 bits per heavy atom. The lowest BCUT2D eigenvalue weighted by Gasteiger charge is -2.10. The summed E-state index contributed by atoms with van der Waals surface area (Å²) >= 11 is 0. The molecule has 9 heteroatoms. The number of anilines is 1. The molecule has 0 atom stereocenters. The highest BCUT2D eigenvalue weighted by Gasteiger charge is 2.23. The molecule has 0 fully saturated rings. The van der Waals surface area contributed by atoms with Crippen molar-refractivity contribution in [2.75, 3.05) is 12.8 Å². The first-order chi connectivity index (χ1) is 10.4. The molecule has 7 nitrogen and oxygen atoms in total. The summed E-state index contributed by atoms with van der Waals surface area (Å²) in [5.41, 5.74) is 5.44. The van der Waals surface area contributed by atoms with Gasteiger partial charge in [0.05, 0.1) is 18.4 Å². The average Bonchev–Trinajstić information content (AvgIpc) is 2.83. The van der Waals surface area contributed by atoms with E-state index in [2.05, 4.69) is 4.74 Å². The molecule has 1 heterocycles. The lowest BCUT2D eigenvalue weighted by Crippen LogP contribution is -2.33. The Hall–Kier alpha value is -2.83. The summed E-state index contributed by atoms with van der Waals surface area (Å²) in [6, 6.07) is 5.27. The van der Waals surface area contributed by atoms with Gasteiger partial charge in [0, 0.05) is 17.3 Å². The van der Waals surface area contributed by atoms with E-state index in [9.17, 15) is 9.18 Å². The Balaban J connectivity index is 2.70. The summed E-state index contributed by atoms with van der Waals surface area (Å²) in [6.45, 7) is 0. The van der Waals surface area contributed by atoms with Gasteiger partial charge in [-0.1, -0.05) is 0 Å². The number of hydrogen-bond donors (Lipinski definition) is 3. The molecule has 0 aliphatic rings. The third-order valence-corrected chi connectivity index (χ3v) is 3.08. The first-order valence-corrected chi connectivity index (χ1v) is 6.05. The van der Waals surface area contributed by atoms with E-state index >= 15 is 0 Å². The number of hydrogen-bond acceptors (Lipinski definition) is 6. The zero-order chi connectivity index (χ0) is 16.4. The van der Waals surface area contributed by atoms with E-state index in [1.54, 1.807) is 0 Å². The molecule has 0 radical (unpaired) electrons. The number of esters is 1. The number of methoxy groups -OCH3 is 1. The van der Waals surface area contributed by atoms with E-state index in [0.29, 0.717) is 0 Å². The summed E-state index contributed by atoms with van der Waals surface area (Å²) < 4.78 is 19.4. The molecule has 1 aromatic carbocycles. The van der Waals surface area contributed by atoms with Crippen molar-refractivity contribution in [3.8, 4) is 11.8 Å². The lowest BCUT2D eigenvalue weighted by molar-refractivity contribution is 0.0593. The minimum absolute atomic E-state index is 0.0378. The molecule has 0 amide bonds. The molecule has 0 aliphatic carbocycles. The van der Waals surface area contributed by atoms with E-state index in [4.69, 9.17) is 21.0 Å². The maximum atomic E-state index is 13.5. The van der Waals surface area contributed by atoms with Crippen molar-refractivity contribution < 1.29 is 24.0 Å². The molecule has 2 rings (SSSR count). The predicted molar refractivity (Wildman–Crippen MR) is 76.0 cm³/mol. The van der Waals surface area contributed by atoms with Gasteiger partial charge < -0.3 is 25.1 Å². The molecule has 0 spiro atoms. The van der Waals surface area contributed by atoms with Crippen LogP contribution >= 0.6 is 0 Å². The van der Waals surface area contributed by atoms with Crippen LogP contribution in [0.5, 0.6) is 0 Å². The number of benzene rings is 1. The van der Waals surface area contributed by atoms with Crippen molar-refractivity contribution in [2.24, 2.45) is 0 Å². The molecule has 112 valence electrons. The molecular formula is C13H11BFN3O4. The Kier molecular flexibility index (Phi) is 4.16. The summed E-state index contributed by atoms with van der Waals surface area (Å²) in [5, 5.41) is 27.3. The fourth-order valence-electron chi connectivity index (χ4n) is 2.00. The van der Waals surface area contributed by atoms with Crippen LogP contribution in [0.4, 0.5) is 10.1 Å². The SMILES string of the molecule is COC(=O)c1c(N)c(C#N)cn1-c1ccc(F)c(B(O)O)c1. The molecule has 1 aromatic heterocycles. The monoisotopic (exact) mass is 303 g/mol. The summed E-state index contributed by atoms with van der Waals surface area (Å²) in [7, 11) is -0.872. The third kappa shape index (κ3) is 2.53. The third-order valence-electron chi connectivity index (χ3n) is 3.08. The molecule has 0 unspecified atom stereocenters. The van der Waals surface area contributed by atoms with Crippen LogP contribution in [0, 0.1) is 17.1 Å². The van der Waals surface area contributed by atoms with Crippen molar-refractivity contribution in [3.05, 3.63) is 41.5 Å². The van der Waals surface area contributed by atoms with E-state index < -0.39 is 18.9 Å². The minimum Gasteiger partial charge on any atom is -0.464 e. The standard InChI is InChI=1S/C13H11BFN3O4/c1-22-13(19)12-11(17)7(5-16)6-18(12)8-2-3-10(15)9(4-8)14(20)21/h2-4,6,20-21H,17H2,1H3. The Morgan fingerprint density at radius 3 is 2.73 bits per heavy atom. The molecule has 2 aromatic rings. The minimum atomic E-state index is -2.02. The van der Waals surface area contributed by atoms with Crippen molar-refractivity contribution in [2.45, 2.75) is 0 Å². The molecule has 22 heavy (non-hydrogen) atoms. The molecule has 0 aliphatic heterocycles. The average molecular weight is 303 g/mol. The van der Waals surface area contributed by atoms with E-state index in [1.165, 1.54) is 16.8 Å². The molecule has 0 saturated carbocycles. The summed E-state index contributed by atoms with van der Waals surface area (Å²) in [5.74, 6) is -1.60. The number of nitrogens with two attached hydrogens (primary N) is 1. The topological polar surface area (TPSA) is 122 Å².